The summed E-state index contributed by atoms with van der Waals surface area (Å²) in [5.74, 6) is -0.546. The highest BCUT2D eigenvalue weighted by molar-refractivity contribution is 7.92. The maximum absolute atomic E-state index is 13.7. The third-order valence-electron chi connectivity index (χ3n) is 7.04. The number of hydrogen-bond donors (Lipinski definition) is 1. The topological polar surface area (TPSA) is 83.8 Å². The van der Waals surface area contributed by atoms with Gasteiger partial charge in [-0.2, -0.15) is 5.10 Å². The van der Waals surface area contributed by atoms with Gasteiger partial charge in [0.15, 0.2) is 0 Å². The number of para-hydroxylation sites is 1. The summed E-state index contributed by atoms with van der Waals surface area (Å²) in [4.78, 5) is 13.2. The van der Waals surface area contributed by atoms with Crippen LogP contribution in [0.25, 0.3) is 5.69 Å². The first-order valence-electron chi connectivity index (χ1n) is 13.1. The second-order valence-corrected chi connectivity index (χ2v) is 12.2. The van der Waals surface area contributed by atoms with Gasteiger partial charge in [-0.25, -0.2) is 13.8 Å². The summed E-state index contributed by atoms with van der Waals surface area (Å²) >= 11 is 0. The summed E-state index contributed by atoms with van der Waals surface area (Å²) in [7, 11) is -4.01. The van der Waals surface area contributed by atoms with Crippen molar-refractivity contribution in [3.63, 3.8) is 0 Å². The van der Waals surface area contributed by atoms with Crippen LogP contribution in [0.5, 0.6) is 0 Å². The van der Waals surface area contributed by atoms with Crippen LogP contribution in [0.1, 0.15) is 44.8 Å². The molecule has 0 unspecified atom stereocenters. The molecule has 7 nitrogen and oxygen atoms in total. The van der Waals surface area contributed by atoms with Gasteiger partial charge in [-0.1, -0.05) is 53.6 Å². The van der Waals surface area contributed by atoms with Gasteiger partial charge < -0.3 is 4.57 Å². The molecule has 0 saturated heterocycles. The van der Waals surface area contributed by atoms with E-state index in [1.54, 1.807) is 36.5 Å². The molecule has 0 radical (unpaired) electrons. The van der Waals surface area contributed by atoms with Crippen LogP contribution >= 0.6 is 0 Å². The number of anilines is 1. The fourth-order valence-corrected chi connectivity index (χ4v) is 6.47. The molecule has 0 fully saturated rings. The number of hydrogen-bond acceptors (Lipinski definition) is 4. The number of carbonyl (C=O) groups excluding carboxylic acids is 1. The van der Waals surface area contributed by atoms with E-state index in [0.29, 0.717) is 5.69 Å². The Morgan fingerprint density at radius 2 is 1.48 bits per heavy atom. The van der Waals surface area contributed by atoms with E-state index in [-0.39, 0.29) is 4.90 Å². The zero-order valence-corrected chi connectivity index (χ0v) is 24.9. The lowest BCUT2D eigenvalue weighted by atomic mass is 10.1. The molecular weight excluding hydrogens is 520 g/mol. The normalized spacial score (nSPS) is 11.7. The number of sulfonamides is 1. The molecular formula is C32H36N4O3S. The van der Waals surface area contributed by atoms with Crippen molar-refractivity contribution in [1.82, 2.24) is 9.99 Å². The quantitative estimate of drug-likeness (QED) is 0.214. The number of rotatable bonds is 8. The number of amides is 1. The summed E-state index contributed by atoms with van der Waals surface area (Å²) in [6.45, 7) is 13.5. The van der Waals surface area contributed by atoms with E-state index < -0.39 is 22.5 Å². The maximum Gasteiger partial charge on any atom is 0.264 e. The third-order valence-corrected chi connectivity index (χ3v) is 8.82. The number of carbonyl (C=O) groups is 1. The average molecular weight is 557 g/mol. The van der Waals surface area contributed by atoms with Gasteiger partial charge in [0.25, 0.3) is 15.9 Å². The van der Waals surface area contributed by atoms with Crippen molar-refractivity contribution in [2.75, 3.05) is 10.8 Å². The maximum atomic E-state index is 13.7. The molecule has 1 amide bonds. The molecule has 8 heteroatoms. The number of nitrogens with zero attached hydrogens (tertiary/aromatic N) is 3. The monoisotopic (exact) mass is 556 g/mol. The molecule has 0 bridgehead atoms. The lowest BCUT2D eigenvalue weighted by molar-refractivity contribution is -0.119. The molecule has 4 rings (SSSR count). The Bertz CT molecular complexity index is 1680. The first-order valence-corrected chi connectivity index (χ1v) is 14.6. The molecule has 0 aliphatic rings. The third kappa shape index (κ3) is 5.87. The zero-order valence-electron chi connectivity index (χ0n) is 24.1. The highest BCUT2D eigenvalue weighted by Crippen LogP contribution is 2.28. The van der Waals surface area contributed by atoms with Crippen molar-refractivity contribution in [3.05, 3.63) is 111 Å². The minimum absolute atomic E-state index is 0.119. The minimum atomic E-state index is -4.01. The van der Waals surface area contributed by atoms with Crippen LogP contribution in [-0.2, 0) is 14.8 Å². The van der Waals surface area contributed by atoms with Crippen LogP contribution < -0.4 is 9.73 Å². The fourth-order valence-electron chi connectivity index (χ4n) is 4.98. The van der Waals surface area contributed by atoms with Crippen LogP contribution in [0.2, 0.25) is 0 Å². The largest absolute Gasteiger partial charge is 0.317 e. The van der Waals surface area contributed by atoms with E-state index in [2.05, 4.69) is 41.1 Å². The van der Waals surface area contributed by atoms with E-state index in [1.165, 1.54) is 11.1 Å². The van der Waals surface area contributed by atoms with E-state index in [0.717, 1.165) is 43.6 Å². The molecule has 4 aromatic rings. The van der Waals surface area contributed by atoms with E-state index >= 15 is 0 Å². The van der Waals surface area contributed by atoms with E-state index in [9.17, 15) is 13.2 Å². The Morgan fingerprint density at radius 3 is 2.10 bits per heavy atom. The predicted molar refractivity (Wildman–Crippen MR) is 162 cm³/mol. The van der Waals surface area contributed by atoms with Gasteiger partial charge in [0.05, 0.1) is 22.5 Å². The Morgan fingerprint density at radius 1 is 0.850 bits per heavy atom. The summed E-state index contributed by atoms with van der Waals surface area (Å²) in [6, 6.07) is 20.3. The van der Waals surface area contributed by atoms with Crippen molar-refractivity contribution in [3.8, 4) is 5.69 Å². The van der Waals surface area contributed by atoms with Gasteiger partial charge in [0.2, 0.25) is 0 Å². The molecule has 208 valence electrons. The first-order chi connectivity index (χ1) is 18.9. The highest BCUT2D eigenvalue weighted by atomic mass is 32.2. The van der Waals surface area contributed by atoms with Gasteiger partial charge >= 0.3 is 0 Å². The van der Waals surface area contributed by atoms with E-state index in [1.807, 2.05) is 58.9 Å². The van der Waals surface area contributed by atoms with Crippen LogP contribution in [0.3, 0.4) is 0 Å². The second-order valence-electron chi connectivity index (χ2n) is 10.3. The Labute approximate surface area is 237 Å². The summed E-state index contributed by atoms with van der Waals surface area (Å²) < 4.78 is 30.7. The van der Waals surface area contributed by atoms with Crippen LogP contribution in [-0.4, -0.2) is 31.7 Å². The minimum Gasteiger partial charge on any atom is -0.317 e. The van der Waals surface area contributed by atoms with Crippen molar-refractivity contribution in [1.29, 1.82) is 0 Å². The summed E-state index contributed by atoms with van der Waals surface area (Å²) in [5, 5.41) is 4.19. The molecule has 0 aliphatic carbocycles. The van der Waals surface area contributed by atoms with E-state index in [4.69, 9.17) is 0 Å². The number of aryl methyl sites for hydroxylation is 6. The molecule has 0 aliphatic heterocycles. The smallest absolute Gasteiger partial charge is 0.264 e. The predicted octanol–water partition coefficient (Wildman–Crippen LogP) is 5.98. The molecule has 3 aromatic carbocycles. The van der Waals surface area contributed by atoms with Crippen molar-refractivity contribution in [2.24, 2.45) is 5.10 Å². The lowest BCUT2D eigenvalue weighted by Gasteiger charge is -2.25. The van der Waals surface area contributed by atoms with Crippen LogP contribution in [0.4, 0.5) is 5.69 Å². The molecule has 0 atom stereocenters. The summed E-state index contributed by atoms with van der Waals surface area (Å²) in [6.07, 6.45) is 1.60. The van der Waals surface area contributed by atoms with Gasteiger partial charge in [-0.3, -0.25) is 9.10 Å². The Balaban J connectivity index is 1.60. The zero-order chi connectivity index (χ0) is 29.2. The molecule has 0 spiro atoms. The Hall–Kier alpha value is -4.17. The SMILES string of the molecule is Cc1ccc(S(=O)(=O)N(CC(=O)N/N=C\c2cc(C)n(-c3c(C)cccc3C)c2C)c2ccc(C)cc2C)cc1. The van der Waals surface area contributed by atoms with Gasteiger partial charge in [0.1, 0.15) is 6.54 Å². The molecule has 0 saturated carbocycles. The Kier molecular flexibility index (Phi) is 8.30. The van der Waals surface area contributed by atoms with Gasteiger partial charge in [0, 0.05) is 17.0 Å². The number of hydrazone groups is 1. The molecule has 1 N–H and O–H groups in total. The standard InChI is InChI=1S/C32H36N4O3S/c1-21-11-14-29(15-12-21)40(38,39)35(30-16-13-22(2)17-25(30)5)20-31(37)34-33-19-28-18-26(6)36(27(28)7)32-23(3)9-8-10-24(32)4/h8-19H,20H2,1-7H3,(H,34,37)/b33-19-. The average Bonchev–Trinajstić information content (AvgIpc) is 3.16. The van der Waals surface area contributed by atoms with Crippen molar-refractivity contribution in [2.45, 2.75) is 53.4 Å². The van der Waals surface area contributed by atoms with Crippen LogP contribution in [0.15, 0.2) is 76.7 Å². The highest BCUT2D eigenvalue weighted by Gasteiger charge is 2.28. The van der Waals surface area contributed by atoms with Gasteiger partial charge in [-0.15, -0.1) is 0 Å². The van der Waals surface area contributed by atoms with Crippen molar-refractivity contribution < 1.29 is 13.2 Å². The van der Waals surface area contributed by atoms with Crippen LogP contribution in [0, 0.1) is 48.5 Å². The lowest BCUT2D eigenvalue weighted by Crippen LogP contribution is -2.40. The number of nitrogens with one attached hydrogen (secondary N) is 1. The number of aromatic nitrogens is 1. The molecule has 1 heterocycles. The molecule has 1 aromatic heterocycles. The fraction of sp³-hybridized carbons (Fsp3) is 0.250. The number of benzene rings is 3. The van der Waals surface area contributed by atoms with Gasteiger partial charge in [-0.05, 0) is 89.4 Å². The molecule has 40 heavy (non-hydrogen) atoms. The van der Waals surface area contributed by atoms with Crippen molar-refractivity contribution >= 4 is 27.8 Å². The summed E-state index contributed by atoms with van der Waals surface area (Å²) in [5.41, 5.74) is 12.0. The second kappa shape index (κ2) is 11.5. The first kappa shape index (κ1) is 28.8.